The molecule has 4 N–H and O–H groups in total. The summed E-state index contributed by atoms with van der Waals surface area (Å²) in [7, 11) is 0. The molecule has 1 heterocycles. The Morgan fingerprint density at radius 2 is 1.48 bits per heavy atom. The highest BCUT2D eigenvalue weighted by atomic mass is 16.6. The average molecular weight is 386 g/mol. The van der Waals surface area contributed by atoms with Crippen molar-refractivity contribution in [3.05, 3.63) is 117 Å². The Kier molecular flexibility index (Phi) is 5.01. The normalized spacial score (nSPS) is 18.1. The molecular weight excluding hydrogens is 364 g/mol. The average Bonchev–Trinajstić information content (AvgIpc) is 2.74. The molecular formula is C23H22N4O2. The highest BCUT2D eigenvalue weighted by molar-refractivity contribution is 5.81. The van der Waals surface area contributed by atoms with Gasteiger partial charge >= 0.3 is 5.70 Å². The highest BCUT2D eigenvalue weighted by Gasteiger charge is 2.48. The fourth-order valence-corrected chi connectivity index (χ4v) is 3.80. The van der Waals surface area contributed by atoms with Gasteiger partial charge in [0.25, 0.3) is 0 Å². The number of rotatable bonds is 6. The topological polar surface area (TPSA) is 93.2 Å². The van der Waals surface area contributed by atoms with E-state index in [0.717, 1.165) is 16.8 Å². The summed E-state index contributed by atoms with van der Waals surface area (Å²) in [5.74, 6) is 0. The maximum Gasteiger partial charge on any atom is 0.309 e. The van der Waals surface area contributed by atoms with E-state index in [1.54, 1.807) is 6.07 Å². The zero-order chi connectivity index (χ0) is 20.3. The van der Waals surface area contributed by atoms with Gasteiger partial charge in [-0.25, -0.2) is 0 Å². The van der Waals surface area contributed by atoms with Crippen molar-refractivity contribution in [3.8, 4) is 0 Å². The van der Waals surface area contributed by atoms with Crippen molar-refractivity contribution in [1.82, 2.24) is 5.32 Å². The number of nitrogens with one attached hydrogen (secondary N) is 2. The molecule has 146 valence electrons. The maximum absolute atomic E-state index is 12.2. The Morgan fingerprint density at radius 3 is 2.14 bits per heavy atom. The second-order valence-corrected chi connectivity index (χ2v) is 7.10. The van der Waals surface area contributed by atoms with Crippen molar-refractivity contribution in [2.24, 2.45) is 5.73 Å². The van der Waals surface area contributed by atoms with Crippen LogP contribution in [0.2, 0.25) is 0 Å². The Balaban J connectivity index is 1.82. The molecule has 1 unspecified atom stereocenters. The Hall–Kier alpha value is -3.64. The number of benzene rings is 3. The van der Waals surface area contributed by atoms with Crippen LogP contribution >= 0.6 is 0 Å². The Bertz CT molecular complexity index is 1050. The van der Waals surface area contributed by atoms with E-state index in [4.69, 9.17) is 5.73 Å². The largest absolute Gasteiger partial charge is 0.393 e. The smallest absolute Gasteiger partial charge is 0.309 e. The monoisotopic (exact) mass is 386 g/mol. The first-order chi connectivity index (χ1) is 14.1. The Labute approximate surface area is 169 Å². The summed E-state index contributed by atoms with van der Waals surface area (Å²) in [6.45, 7) is 0.452. The summed E-state index contributed by atoms with van der Waals surface area (Å²) in [5.41, 5.74) is 8.72. The third-order valence-corrected chi connectivity index (χ3v) is 5.16. The molecule has 1 aliphatic rings. The molecule has 1 aliphatic heterocycles. The van der Waals surface area contributed by atoms with Crippen LogP contribution in [0.5, 0.6) is 0 Å². The van der Waals surface area contributed by atoms with Crippen molar-refractivity contribution in [2.45, 2.75) is 18.6 Å². The van der Waals surface area contributed by atoms with Crippen LogP contribution in [0.4, 0.5) is 5.69 Å². The summed E-state index contributed by atoms with van der Waals surface area (Å²) in [4.78, 5) is 11.8. The highest BCUT2D eigenvalue weighted by Crippen LogP contribution is 2.37. The molecule has 0 fully saturated rings. The van der Waals surface area contributed by atoms with Crippen LogP contribution < -0.4 is 16.4 Å². The minimum absolute atomic E-state index is 0.0593. The van der Waals surface area contributed by atoms with E-state index in [2.05, 4.69) is 10.6 Å². The summed E-state index contributed by atoms with van der Waals surface area (Å²) >= 11 is 0. The molecule has 0 radical (unpaired) electrons. The van der Waals surface area contributed by atoms with Crippen molar-refractivity contribution in [3.63, 3.8) is 0 Å². The van der Waals surface area contributed by atoms with Gasteiger partial charge in [-0.05, 0) is 17.2 Å². The zero-order valence-electron chi connectivity index (χ0n) is 15.8. The van der Waals surface area contributed by atoms with Crippen LogP contribution in [0.1, 0.15) is 16.7 Å². The van der Waals surface area contributed by atoms with Crippen molar-refractivity contribution in [2.75, 3.05) is 5.32 Å². The molecule has 6 nitrogen and oxygen atoms in total. The van der Waals surface area contributed by atoms with E-state index < -0.39 is 5.66 Å². The lowest BCUT2D eigenvalue weighted by atomic mass is 9.88. The van der Waals surface area contributed by atoms with Gasteiger partial charge in [0.15, 0.2) is 5.66 Å². The Morgan fingerprint density at radius 1 is 0.897 bits per heavy atom. The van der Waals surface area contributed by atoms with Gasteiger partial charge in [-0.2, -0.15) is 0 Å². The molecule has 6 heteroatoms. The first-order valence-corrected chi connectivity index (χ1v) is 9.44. The fraction of sp³-hybridized carbons (Fsp3) is 0.130. The van der Waals surface area contributed by atoms with Gasteiger partial charge in [0.1, 0.15) is 5.70 Å². The quantitative estimate of drug-likeness (QED) is 0.443. The lowest BCUT2D eigenvalue weighted by Gasteiger charge is -2.38. The van der Waals surface area contributed by atoms with E-state index in [9.17, 15) is 10.1 Å². The number of nitrogens with zero attached hydrogens (tertiary/aromatic N) is 1. The zero-order valence-corrected chi connectivity index (χ0v) is 15.8. The van der Waals surface area contributed by atoms with Crippen molar-refractivity contribution >= 4 is 11.4 Å². The fourth-order valence-electron chi connectivity index (χ4n) is 3.80. The SMILES string of the molecule is NC1=C([N+](=O)[O-])C(Cc2ccccc2)(NCc2ccccc2)Nc2ccccc21. The molecule has 3 aromatic carbocycles. The van der Waals surface area contributed by atoms with Crippen LogP contribution in [0, 0.1) is 10.1 Å². The van der Waals surface area contributed by atoms with Crippen LogP contribution in [0.15, 0.2) is 90.6 Å². The molecule has 0 saturated carbocycles. The standard InChI is InChI=1S/C23H22N4O2/c24-21-19-13-7-8-14-20(19)26-23(22(21)27(28)29,15-17-9-3-1-4-10-17)25-16-18-11-5-2-6-12-18/h1-14,25-26H,15-16,24H2. The number of anilines is 1. The first kappa shape index (κ1) is 18.7. The van der Waals surface area contributed by atoms with E-state index >= 15 is 0 Å². The van der Waals surface area contributed by atoms with Gasteiger partial charge in [0.05, 0.1) is 4.92 Å². The number of fused-ring (bicyclic) bond motifs is 1. The molecule has 0 amide bonds. The number of hydrogen-bond donors (Lipinski definition) is 3. The van der Waals surface area contributed by atoms with Crippen LogP contribution in [0.25, 0.3) is 5.70 Å². The summed E-state index contributed by atoms with van der Waals surface area (Å²) in [5, 5.41) is 19.0. The second-order valence-electron chi connectivity index (χ2n) is 7.10. The summed E-state index contributed by atoms with van der Waals surface area (Å²) < 4.78 is 0. The molecule has 0 bridgehead atoms. The predicted octanol–water partition coefficient (Wildman–Crippen LogP) is 3.74. The van der Waals surface area contributed by atoms with Crippen molar-refractivity contribution in [1.29, 1.82) is 0 Å². The van der Waals surface area contributed by atoms with E-state index in [-0.39, 0.29) is 16.3 Å². The lowest BCUT2D eigenvalue weighted by molar-refractivity contribution is -0.434. The van der Waals surface area contributed by atoms with Crippen LogP contribution in [0.3, 0.4) is 0 Å². The minimum Gasteiger partial charge on any atom is -0.393 e. The maximum atomic E-state index is 12.2. The van der Waals surface area contributed by atoms with Gasteiger partial charge in [0.2, 0.25) is 0 Å². The van der Waals surface area contributed by atoms with Gasteiger partial charge in [-0.3, -0.25) is 15.4 Å². The molecule has 0 aliphatic carbocycles. The molecule has 1 atom stereocenters. The molecule has 29 heavy (non-hydrogen) atoms. The lowest BCUT2D eigenvalue weighted by Crippen LogP contribution is -2.58. The van der Waals surface area contributed by atoms with Gasteiger partial charge in [-0.15, -0.1) is 0 Å². The molecule has 0 saturated heterocycles. The molecule has 4 rings (SSSR count). The first-order valence-electron chi connectivity index (χ1n) is 9.44. The van der Waals surface area contributed by atoms with Gasteiger partial charge < -0.3 is 11.1 Å². The number of para-hydroxylation sites is 1. The summed E-state index contributed by atoms with van der Waals surface area (Å²) in [6, 6.07) is 26.9. The number of nitrogens with two attached hydrogens (primary N) is 1. The predicted molar refractivity (Wildman–Crippen MR) is 114 cm³/mol. The van der Waals surface area contributed by atoms with Gasteiger partial charge in [-0.1, -0.05) is 78.9 Å². The van der Waals surface area contributed by atoms with E-state index in [1.807, 2.05) is 78.9 Å². The number of nitro groups is 1. The van der Waals surface area contributed by atoms with E-state index in [1.165, 1.54) is 0 Å². The third kappa shape index (κ3) is 3.70. The molecule has 0 aromatic heterocycles. The van der Waals surface area contributed by atoms with E-state index in [0.29, 0.717) is 18.5 Å². The summed E-state index contributed by atoms with van der Waals surface area (Å²) in [6.07, 6.45) is 0.367. The number of hydrogen-bond acceptors (Lipinski definition) is 5. The molecule has 3 aromatic rings. The van der Waals surface area contributed by atoms with Crippen molar-refractivity contribution < 1.29 is 4.92 Å². The molecule has 0 spiro atoms. The van der Waals surface area contributed by atoms with Crippen LogP contribution in [-0.2, 0) is 13.0 Å². The van der Waals surface area contributed by atoms with Gasteiger partial charge in [0, 0.05) is 24.2 Å². The second kappa shape index (κ2) is 7.77. The van der Waals surface area contributed by atoms with Crippen LogP contribution in [-0.4, -0.2) is 10.6 Å². The third-order valence-electron chi connectivity index (χ3n) is 5.16. The minimum atomic E-state index is -1.15.